The first-order valence-electron chi connectivity index (χ1n) is 14.3. The van der Waals surface area contributed by atoms with Gasteiger partial charge in [-0.25, -0.2) is 4.79 Å². The largest absolute Gasteiger partial charge is 0.479 e. The van der Waals surface area contributed by atoms with Crippen LogP contribution in [0, 0.1) is 0 Å². The molecule has 1 aromatic carbocycles. The van der Waals surface area contributed by atoms with Crippen LogP contribution in [-0.4, -0.2) is 138 Å². The number of carbonyl (C=O) groups excluding carboxylic acids is 7. The lowest BCUT2D eigenvalue weighted by Gasteiger charge is -2.28. The van der Waals surface area contributed by atoms with Crippen LogP contribution in [0.15, 0.2) is 24.3 Å². The Bertz CT molecular complexity index is 1250. The summed E-state index contributed by atoms with van der Waals surface area (Å²) in [5, 5.41) is 17.6. The molecule has 1 aromatic rings. The quantitative estimate of drug-likeness (QED) is 0.0509. The number of anilines is 1. The Morgan fingerprint density at radius 2 is 1.06 bits per heavy atom. The molecule has 0 aliphatic carbocycles. The highest BCUT2D eigenvalue weighted by Crippen LogP contribution is 2.16. The van der Waals surface area contributed by atoms with E-state index >= 15 is 0 Å². The summed E-state index contributed by atoms with van der Waals surface area (Å²) in [4.78, 5) is 94.0. The van der Waals surface area contributed by atoms with Gasteiger partial charge in [0.15, 0.2) is 26.4 Å². The van der Waals surface area contributed by atoms with Gasteiger partial charge in [0.05, 0.1) is 19.8 Å². The van der Waals surface area contributed by atoms with E-state index in [1.807, 2.05) is 29.6 Å². The van der Waals surface area contributed by atoms with E-state index in [4.69, 9.17) is 14.6 Å². The fourth-order valence-corrected chi connectivity index (χ4v) is 3.57. The molecule has 0 aromatic heterocycles. The normalized spacial score (nSPS) is 12.2. The Hall–Kier alpha value is -5.30. The number of nitrogens with one attached hydrogen (secondary N) is 4. The van der Waals surface area contributed by atoms with Crippen LogP contribution >= 0.6 is 0 Å². The van der Waals surface area contributed by atoms with Crippen molar-refractivity contribution in [3.63, 3.8) is 0 Å². The molecule has 0 atom stereocenters. The van der Waals surface area contributed by atoms with Crippen LogP contribution in [0.25, 0.3) is 0 Å². The monoisotopic (exact) mass is 667 g/mol. The number of carbonyl (C=O) groups is 8. The molecule has 0 radical (unpaired) electrons. The van der Waals surface area contributed by atoms with Gasteiger partial charge < -0.3 is 55.0 Å². The maximum atomic E-state index is 11.9. The predicted octanol–water partition coefficient (Wildman–Crippen LogP) is -3.74. The molecule has 1 saturated heterocycles. The minimum absolute atomic E-state index is 0.121. The third-order valence-corrected chi connectivity index (χ3v) is 5.91. The Labute approximate surface area is 268 Å². The summed E-state index contributed by atoms with van der Waals surface area (Å²) >= 11 is 0. The lowest BCUT2D eigenvalue weighted by molar-refractivity contribution is -0.155. The summed E-state index contributed by atoms with van der Waals surface area (Å²) < 4.78 is 23.7. The number of amides is 3. The van der Waals surface area contributed by atoms with E-state index in [1.165, 1.54) is 0 Å². The van der Waals surface area contributed by atoms with E-state index in [2.05, 4.69) is 35.1 Å². The van der Waals surface area contributed by atoms with Crippen molar-refractivity contribution in [2.45, 2.75) is 6.42 Å². The van der Waals surface area contributed by atoms with Gasteiger partial charge in [-0.05, 0) is 30.7 Å². The van der Waals surface area contributed by atoms with Crippen molar-refractivity contribution in [2.75, 3.05) is 90.4 Å². The van der Waals surface area contributed by atoms with Gasteiger partial charge in [-0.2, -0.15) is 0 Å². The summed E-state index contributed by atoms with van der Waals surface area (Å²) in [6.07, 6.45) is 0.681. The molecule has 0 bridgehead atoms. The molecule has 0 spiro atoms. The van der Waals surface area contributed by atoms with Crippen molar-refractivity contribution >= 4 is 53.3 Å². The molecule has 1 heterocycles. The number of aliphatic carboxylic acids is 1. The molecule has 19 heteroatoms. The molecule has 1 aliphatic rings. The molecule has 258 valence electrons. The predicted molar refractivity (Wildman–Crippen MR) is 157 cm³/mol. The van der Waals surface area contributed by atoms with Crippen molar-refractivity contribution in [1.82, 2.24) is 21.3 Å². The van der Waals surface area contributed by atoms with Crippen LogP contribution in [0.1, 0.15) is 5.56 Å². The van der Waals surface area contributed by atoms with Gasteiger partial charge in [0.2, 0.25) is 0 Å². The Morgan fingerprint density at radius 3 is 1.51 bits per heavy atom. The number of hydrogen-bond donors (Lipinski definition) is 5. The highest BCUT2D eigenvalue weighted by molar-refractivity contribution is 5.88. The van der Waals surface area contributed by atoms with E-state index in [0.717, 1.165) is 24.3 Å². The fourth-order valence-electron chi connectivity index (χ4n) is 3.57. The Morgan fingerprint density at radius 1 is 0.638 bits per heavy atom. The maximum Gasteiger partial charge on any atom is 0.341 e. The van der Waals surface area contributed by atoms with Crippen LogP contribution in [0.3, 0.4) is 0 Å². The van der Waals surface area contributed by atoms with Gasteiger partial charge in [0, 0.05) is 18.8 Å². The van der Waals surface area contributed by atoms with Gasteiger partial charge in [-0.1, -0.05) is 12.1 Å². The number of esters is 4. The molecule has 5 N–H and O–H groups in total. The lowest BCUT2D eigenvalue weighted by Crippen LogP contribution is -2.38. The van der Waals surface area contributed by atoms with Gasteiger partial charge in [0.25, 0.3) is 17.7 Å². The molecule has 2 rings (SSSR count). The highest BCUT2D eigenvalue weighted by Gasteiger charge is 2.15. The number of benzene rings is 1. The van der Waals surface area contributed by atoms with Gasteiger partial charge >= 0.3 is 29.8 Å². The molecular formula is C28H37N5O14. The number of rotatable bonds is 20. The van der Waals surface area contributed by atoms with Crippen LogP contribution in [-0.2, 0) is 68.5 Å². The van der Waals surface area contributed by atoms with Crippen LogP contribution in [0.4, 0.5) is 5.69 Å². The zero-order chi connectivity index (χ0) is 34.4. The lowest BCUT2D eigenvalue weighted by atomic mass is 10.1. The average Bonchev–Trinajstić information content (AvgIpc) is 3.07. The molecule has 3 amide bonds. The van der Waals surface area contributed by atoms with Gasteiger partial charge in [-0.3, -0.25) is 33.6 Å². The topological polar surface area (TPSA) is 254 Å². The minimum atomic E-state index is -1.38. The van der Waals surface area contributed by atoms with Crippen molar-refractivity contribution < 1.29 is 67.1 Å². The van der Waals surface area contributed by atoms with Crippen LogP contribution in [0.2, 0.25) is 0 Å². The summed E-state index contributed by atoms with van der Waals surface area (Å²) in [7, 11) is 0. The molecular weight excluding hydrogens is 630 g/mol. The SMILES string of the molecule is O=C(O)COC(=O)CNC(=O)COC(=O)CNC(=O)COC(=O)CNC(=O)COC(=O)CNCCc1ccc(N2CCOCC2)cc1. The zero-order valence-corrected chi connectivity index (χ0v) is 25.4. The summed E-state index contributed by atoms with van der Waals surface area (Å²) in [6.45, 7) is -1.54. The van der Waals surface area contributed by atoms with E-state index in [-0.39, 0.29) is 6.54 Å². The third-order valence-electron chi connectivity index (χ3n) is 5.91. The summed E-state index contributed by atoms with van der Waals surface area (Å²) in [6, 6.07) is 8.14. The molecule has 1 fully saturated rings. The molecule has 0 unspecified atom stereocenters. The van der Waals surface area contributed by atoms with Crippen LogP contribution in [0.5, 0.6) is 0 Å². The molecule has 1 aliphatic heterocycles. The average molecular weight is 668 g/mol. The van der Waals surface area contributed by atoms with Crippen LogP contribution < -0.4 is 26.2 Å². The highest BCUT2D eigenvalue weighted by atomic mass is 16.6. The minimum Gasteiger partial charge on any atom is -0.479 e. The molecule has 19 nitrogen and oxygen atoms in total. The van der Waals surface area contributed by atoms with E-state index in [9.17, 15) is 38.4 Å². The number of carboxylic acids is 1. The Kier molecular flexibility index (Phi) is 17.3. The number of carboxylic acid groups (broad SMARTS) is 1. The van der Waals surface area contributed by atoms with Gasteiger partial charge in [0.1, 0.15) is 19.6 Å². The van der Waals surface area contributed by atoms with Crippen molar-refractivity contribution in [2.24, 2.45) is 0 Å². The second kappa shape index (κ2) is 21.4. The first-order valence-corrected chi connectivity index (χ1v) is 14.3. The molecule has 0 saturated carbocycles. The number of hydrogen-bond acceptors (Lipinski definition) is 15. The summed E-state index contributed by atoms with van der Waals surface area (Å²) in [5.41, 5.74) is 2.22. The van der Waals surface area contributed by atoms with Crippen molar-refractivity contribution in [1.29, 1.82) is 0 Å². The smallest absolute Gasteiger partial charge is 0.341 e. The zero-order valence-electron chi connectivity index (χ0n) is 25.4. The second-order valence-corrected chi connectivity index (χ2v) is 9.56. The van der Waals surface area contributed by atoms with Crippen molar-refractivity contribution in [3.05, 3.63) is 29.8 Å². The Balaban J connectivity index is 1.46. The maximum absolute atomic E-state index is 11.9. The van der Waals surface area contributed by atoms with E-state index in [1.54, 1.807) is 0 Å². The second-order valence-electron chi connectivity index (χ2n) is 9.56. The van der Waals surface area contributed by atoms with Gasteiger partial charge in [-0.15, -0.1) is 0 Å². The van der Waals surface area contributed by atoms with Crippen molar-refractivity contribution in [3.8, 4) is 0 Å². The first-order chi connectivity index (χ1) is 22.5. The first kappa shape index (κ1) is 37.9. The molecule has 47 heavy (non-hydrogen) atoms. The fraction of sp³-hybridized carbons (Fsp3) is 0.500. The number of ether oxygens (including phenoxy) is 5. The number of morpholine rings is 1. The standard InChI is InChI=1S/C28H37N5O14/c34-21(15-44-25(39)11-29-6-5-19-1-3-20(4-2-19)33-7-9-43-10-8-33)30-12-26(40)45-16-22(35)31-13-27(41)46-17-23(36)32-14-28(42)47-18-24(37)38/h1-4,29H,5-18H2,(H,30,34)(H,31,35)(H,32,36)(H,37,38). The van der Waals surface area contributed by atoms with E-state index in [0.29, 0.717) is 26.2 Å². The van der Waals surface area contributed by atoms with E-state index < -0.39 is 93.6 Å². The third kappa shape index (κ3) is 17.7. The summed E-state index contributed by atoms with van der Waals surface area (Å²) in [5.74, 6) is -7.64. The number of nitrogens with zero attached hydrogens (tertiary/aromatic N) is 1.